The van der Waals surface area contributed by atoms with Crippen molar-refractivity contribution in [2.45, 2.75) is 45.6 Å². The Kier molecular flexibility index (Phi) is 3.80. The maximum Gasteiger partial charge on any atom is 0.0252 e. The van der Waals surface area contributed by atoms with E-state index >= 15 is 0 Å². The normalized spacial score (nSPS) is 19.9. The molecule has 12 heavy (non-hydrogen) atoms. The summed E-state index contributed by atoms with van der Waals surface area (Å²) in [5.41, 5.74) is 1.42. The monoisotopic (exact) mass is 167 g/mol. The van der Waals surface area contributed by atoms with Crippen LogP contribution in [0, 0.1) is 5.92 Å². The van der Waals surface area contributed by atoms with E-state index in [-0.39, 0.29) is 0 Å². The molecule has 0 aliphatic heterocycles. The van der Waals surface area contributed by atoms with Crippen LogP contribution in [0.4, 0.5) is 0 Å². The first-order valence-electron chi connectivity index (χ1n) is 5.04. The molecule has 1 aliphatic carbocycles. The first-order chi connectivity index (χ1) is 5.72. The molecule has 0 aromatic heterocycles. The molecule has 1 heteroatoms. The largest absolute Gasteiger partial charge is 0.314 e. The van der Waals surface area contributed by atoms with Gasteiger partial charge in [0.1, 0.15) is 0 Å². The summed E-state index contributed by atoms with van der Waals surface area (Å²) in [5.74, 6) is 0.998. The first-order valence-corrected chi connectivity index (χ1v) is 5.04. The Morgan fingerprint density at radius 2 is 2.17 bits per heavy atom. The number of hydrogen-bond acceptors (Lipinski definition) is 1. The number of rotatable bonds is 4. The Bertz CT molecular complexity index is 152. The maximum atomic E-state index is 3.36. The van der Waals surface area contributed by atoms with E-state index in [1.165, 1.54) is 31.3 Å². The van der Waals surface area contributed by atoms with Crippen LogP contribution in [0.15, 0.2) is 11.6 Å². The minimum absolute atomic E-state index is 0.611. The molecular weight excluding hydrogens is 146 g/mol. The van der Waals surface area contributed by atoms with Gasteiger partial charge in [-0.1, -0.05) is 30.9 Å². The van der Waals surface area contributed by atoms with Gasteiger partial charge in [0.2, 0.25) is 0 Å². The van der Waals surface area contributed by atoms with Crippen LogP contribution in [0.1, 0.15) is 39.5 Å². The van der Waals surface area contributed by atoms with E-state index in [2.05, 4.69) is 32.3 Å². The summed E-state index contributed by atoms with van der Waals surface area (Å²) in [5, 5.41) is 3.36. The van der Waals surface area contributed by atoms with Crippen LogP contribution < -0.4 is 5.32 Å². The van der Waals surface area contributed by atoms with Gasteiger partial charge in [0.25, 0.3) is 0 Å². The number of allylic oxidation sites excluding steroid dienone is 1. The van der Waals surface area contributed by atoms with E-state index in [9.17, 15) is 0 Å². The molecule has 0 bridgehead atoms. The van der Waals surface area contributed by atoms with Crippen molar-refractivity contribution in [3.63, 3.8) is 0 Å². The highest BCUT2D eigenvalue weighted by atomic mass is 14.9. The lowest BCUT2D eigenvalue weighted by atomic mass is 9.80. The van der Waals surface area contributed by atoms with Crippen molar-refractivity contribution in [3.05, 3.63) is 11.6 Å². The fourth-order valence-corrected chi connectivity index (χ4v) is 1.76. The zero-order chi connectivity index (χ0) is 8.97. The average molecular weight is 167 g/mol. The molecule has 0 radical (unpaired) electrons. The van der Waals surface area contributed by atoms with Gasteiger partial charge in [-0.3, -0.25) is 0 Å². The van der Waals surface area contributed by atoms with Crippen LogP contribution in [-0.2, 0) is 0 Å². The molecule has 1 aliphatic rings. The summed E-state index contributed by atoms with van der Waals surface area (Å²) in [6, 6.07) is 0.611. The van der Waals surface area contributed by atoms with E-state index in [0.29, 0.717) is 6.04 Å². The van der Waals surface area contributed by atoms with Gasteiger partial charge in [-0.15, -0.1) is 0 Å². The Balaban J connectivity index is 2.29. The van der Waals surface area contributed by atoms with Gasteiger partial charge in [0, 0.05) is 6.04 Å². The van der Waals surface area contributed by atoms with Gasteiger partial charge >= 0.3 is 0 Å². The number of hydrogen-bond donors (Lipinski definition) is 1. The summed E-state index contributed by atoms with van der Waals surface area (Å²) in [6.45, 7) is 4.34. The van der Waals surface area contributed by atoms with Gasteiger partial charge in [0.05, 0.1) is 0 Å². The number of likely N-dealkylation sites (N-methyl/N-ethyl adjacent to an activating group) is 1. The molecule has 1 nitrogen and oxygen atoms in total. The Labute approximate surface area is 76.2 Å². The summed E-state index contributed by atoms with van der Waals surface area (Å²) < 4.78 is 0. The second-order valence-electron chi connectivity index (χ2n) is 4.17. The highest BCUT2D eigenvalue weighted by Gasteiger charge is 2.19. The molecule has 0 amide bonds. The highest BCUT2D eigenvalue weighted by Crippen LogP contribution is 2.30. The molecule has 1 N–H and O–H groups in total. The third-order valence-corrected chi connectivity index (χ3v) is 2.72. The highest BCUT2D eigenvalue weighted by molar-refractivity contribution is 5.01. The number of nitrogens with one attached hydrogen (secondary N) is 1. The Hall–Kier alpha value is -0.300. The molecule has 0 heterocycles. The zero-order valence-corrected chi connectivity index (χ0v) is 8.56. The lowest BCUT2D eigenvalue weighted by molar-refractivity contribution is 0.278. The minimum Gasteiger partial charge on any atom is -0.314 e. The van der Waals surface area contributed by atoms with Gasteiger partial charge in [-0.25, -0.2) is 0 Å². The maximum absolute atomic E-state index is 3.36. The molecule has 0 spiro atoms. The smallest absolute Gasteiger partial charge is 0.0252 e. The molecule has 70 valence electrons. The second-order valence-corrected chi connectivity index (χ2v) is 4.17. The molecule has 0 aromatic rings. The van der Waals surface area contributed by atoms with E-state index in [1.54, 1.807) is 0 Å². The molecule has 1 atom stereocenters. The van der Waals surface area contributed by atoms with Crippen LogP contribution >= 0.6 is 0 Å². The summed E-state index contributed by atoms with van der Waals surface area (Å²) in [4.78, 5) is 0. The van der Waals surface area contributed by atoms with Gasteiger partial charge in [-0.05, 0) is 33.2 Å². The van der Waals surface area contributed by atoms with E-state index in [1.807, 2.05) is 0 Å². The van der Waals surface area contributed by atoms with Crippen molar-refractivity contribution in [1.82, 2.24) is 5.32 Å². The SMILES string of the molecule is CNC(C=C(C)C)CC1CCC1. The molecule has 1 fully saturated rings. The molecular formula is C11H21N. The van der Waals surface area contributed by atoms with E-state index in [4.69, 9.17) is 0 Å². The first kappa shape index (κ1) is 9.79. The van der Waals surface area contributed by atoms with Gasteiger partial charge in [-0.2, -0.15) is 0 Å². The molecule has 0 saturated heterocycles. The van der Waals surface area contributed by atoms with Crippen LogP contribution in [0.3, 0.4) is 0 Å². The van der Waals surface area contributed by atoms with Crippen LogP contribution in [0.25, 0.3) is 0 Å². The summed E-state index contributed by atoms with van der Waals surface area (Å²) >= 11 is 0. The van der Waals surface area contributed by atoms with Gasteiger partial charge < -0.3 is 5.32 Å². The molecule has 1 saturated carbocycles. The third kappa shape index (κ3) is 2.98. The predicted octanol–water partition coefficient (Wildman–Crippen LogP) is 2.73. The fourth-order valence-electron chi connectivity index (χ4n) is 1.76. The average Bonchev–Trinajstić information content (AvgIpc) is 1.93. The van der Waals surface area contributed by atoms with Crippen LogP contribution in [0.2, 0.25) is 0 Å². The van der Waals surface area contributed by atoms with Crippen molar-refractivity contribution in [2.75, 3.05) is 7.05 Å². The minimum atomic E-state index is 0.611. The standard InChI is InChI=1S/C11H21N/c1-9(2)7-11(12-3)8-10-5-4-6-10/h7,10-12H,4-6,8H2,1-3H3. The topological polar surface area (TPSA) is 12.0 Å². The van der Waals surface area contributed by atoms with Crippen LogP contribution in [-0.4, -0.2) is 13.1 Å². The molecule has 0 aromatic carbocycles. The van der Waals surface area contributed by atoms with Crippen molar-refractivity contribution in [1.29, 1.82) is 0 Å². The second kappa shape index (κ2) is 4.66. The lowest BCUT2D eigenvalue weighted by Crippen LogP contribution is -2.28. The fraction of sp³-hybridized carbons (Fsp3) is 0.818. The zero-order valence-electron chi connectivity index (χ0n) is 8.56. The molecule has 1 rings (SSSR count). The summed E-state index contributed by atoms with van der Waals surface area (Å²) in [6.07, 6.45) is 8.04. The quantitative estimate of drug-likeness (QED) is 0.635. The van der Waals surface area contributed by atoms with Crippen molar-refractivity contribution in [2.24, 2.45) is 5.92 Å². The molecule has 1 unspecified atom stereocenters. The van der Waals surface area contributed by atoms with Gasteiger partial charge in [0.15, 0.2) is 0 Å². The van der Waals surface area contributed by atoms with Crippen LogP contribution in [0.5, 0.6) is 0 Å². The van der Waals surface area contributed by atoms with Crippen molar-refractivity contribution < 1.29 is 0 Å². The van der Waals surface area contributed by atoms with E-state index in [0.717, 1.165) is 5.92 Å². The Morgan fingerprint density at radius 3 is 2.50 bits per heavy atom. The van der Waals surface area contributed by atoms with E-state index < -0.39 is 0 Å². The third-order valence-electron chi connectivity index (χ3n) is 2.72. The predicted molar refractivity (Wildman–Crippen MR) is 54.2 cm³/mol. The van der Waals surface area contributed by atoms with Crippen molar-refractivity contribution >= 4 is 0 Å². The van der Waals surface area contributed by atoms with Crippen molar-refractivity contribution in [3.8, 4) is 0 Å². The lowest BCUT2D eigenvalue weighted by Gasteiger charge is -2.28. The Morgan fingerprint density at radius 1 is 1.50 bits per heavy atom. The summed E-state index contributed by atoms with van der Waals surface area (Å²) in [7, 11) is 2.06.